The van der Waals surface area contributed by atoms with Crippen molar-refractivity contribution in [1.29, 1.82) is 0 Å². The van der Waals surface area contributed by atoms with Crippen molar-refractivity contribution in [3.8, 4) is 0 Å². The minimum Gasteiger partial charge on any atom is -0.282 e. The van der Waals surface area contributed by atoms with Crippen molar-refractivity contribution in [2.75, 3.05) is 19.5 Å². The maximum Gasteiger partial charge on any atom is 0.235 e. The Labute approximate surface area is 88.0 Å². The lowest BCUT2D eigenvalue weighted by Gasteiger charge is -2.15. The summed E-state index contributed by atoms with van der Waals surface area (Å²) in [5, 5.41) is 1.31. The Balaban J connectivity index is 2.87. The second-order valence-corrected chi connectivity index (χ2v) is 8.62. The van der Waals surface area contributed by atoms with E-state index in [9.17, 15) is 4.79 Å². The average molecular weight is 260 g/mol. The molecule has 70 valence electrons. The third-order valence-corrected chi connectivity index (χ3v) is 5.46. The standard InChI is InChI=1S/C10H13BrOP/c1-13(2,8-10(11)12)9-6-4-3-5-7-9/h3-7H,8H2,1-2H3/q+1. The van der Waals surface area contributed by atoms with Gasteiger partial charge in [0.1, 0.15) is 6.16 Å². The first-order valence-corrected chi connectivity index (χ1v) is 7.75. The Morgan fingerprint density at radius 2 is 1.85 bits per heavy atom. The molecule has 0 spiro atoms. The van der Waals surface area contributed by atoms with E-state index in [4.69, 9.17) is 0 Å². The smallest absolute Gasteiger partial charge is 0.235 e. The molecule has 0 aromatic heterocycles. The van der Waals surface area contributed by atoms with Crippen LogP contribution >= 0.6 is 23.2 Å². The Hall–Kier alpha value is -0.200. The van der Waals surface area contributed by atoms with E-state index in [1.807, 2.05) is 18.2 Å². The van der Waals surface area contributed by atoms with Crippen LogP contribution in [0.25, 0.3) is 0 Å². The summed E-state index contributed by atoms with van der Waals surface area (Å²) in [7, 11) is -1.25. The molecular formula is C10H13BrOP+. The third kappa shape index (κ3) is 3.21. The summed E-state index contributed by atoms with van der Waals surface area (Å²) in [6, 6.07) is 10.2. The molecule has 0 bridgehead atoms. The summed E-state index contributed by atoms with van der Waals surface area (Å²) in [5.74, 6) is 0. The van der Waals surface area contributed by atoms with E-state index in [0.717, 1.165) is 0 Å². The van der Waals surface area contributed by atoms with E-state index >= 15 is 0 Å². The highest BCUT2D eigenvalue weighted by molar-refractivity contribution is 9.18. The fourth-order valence-corrected chi connectivity index (χ4v) is 4.90. The van der Waals surface area contributed by atoms with E-state index in [1.54, 1.807) is 0 Å². The normalized spacial score (nSPS) is 11.3. The second-order valence-electron chi connectivity index (χ2n) is 3.53. The molecule has 0 saturated carbocycles. The van der Waals surface area contributed by atoms with Crippen molar-refractivity contribution in [2.24, 2.45) is 0 Å². The van der Waals surface area contributed by atoms with Gasteiger partial charge in [0.15, 0.2) is 0 Å². The monoisotopic (exact) mass is 259 g/mol. The largest absolute Gasteiger partial charge is 0.282 e. The van der Waals surface area contributed by atoms with E-state index in [0.29, 0.717) is 6.16 Å². The molecule has 0 amide bonds. The zero-order chi connectivity index (χ0) is 9.90. The summed E-state index contributed by atoms with van der Waals surface area (Å²) in [6.07, 6.45) is 0.636. The molecule has 0 aliphatic rings. The van der Waals surface area contributed by atoms with Crippen molar-refractivity contribution in [2.45, 2.75) is 0 Å². The van der Waals surface area contributed by atoms with Crippen LogP contribution in [0.3, 0.4) is 0 Å². The minimum atomic E-state index is -1.25. The van der Waals surface area contributed by atoms with Gasteiger partial charge in [-0.05, 0) is 28.1 Å². The highest BCUT2D eigenvalue weighted by atomic mass is 79.9. The first-order valence-electron chi connectivity index (χ1n) is 4.09. The van der Waals surface area contributed by atoms with Crippen LogP contribution < -0.4 is 5.30 Å². The first kappa shape index (κ1) is 10.9. The first-order chi connectivity index (χ1) is 6.02. The third-order valence-electron chi connectivity index (χ3n) is 1.97. The SMILES string of the molecule is C[P+](C)(CC(=O)Br)c1ccccc1. The molecule has 1 aromatic rings. The molecule has 0 fully saturated rings. The molecule has 1 aromatic carbocycles. The van der Waals surface area contributed by atoms with Crippen molar-refractivity contribution in [3.05, 3.63) is 30.3 Å². The molecule has 0 atom stereocenters. The molecule has 0 aliphatic carbocycles. The molecule has 0 N–H and O–H groups in total. The molecule has 0 saturated heterocycles. The Morgan fingerprint density at radius 1 is 1.31 bits per heavy atom. The Kier molecular flexibility index (Phi) is 3.63. The minimum absolute atomic E-state index is 0.106. The van der Waals surface area contributed by atoms with Gasteiger partial charge in [0.05, 0.1) is 18.6 Å². The second kappa shape index (κ2) is 4.34. The number of hydrogen-bond acceptors (Lipinski definition) is 1. The fraction of sp³-hybridized carbons (Fsp3) is 0.300. The summed E-state index contributed by atoms with van der Waals surface area (Å²) in [6.45, 7) is 4.36. The quantitative estimate of drug-likeness (QED) is 0.602. The predicted octanol–water partition coefficient (Wildman–Crippen LogP) is 2.51. The number of benzene rings is 1. The number of carbonyl (C=O) groups is 1. The van der Waals surface area contributed by atoms with Crippen LogP contribution in [0.5, 0.6) is 0 Å². The number of carbonyl (C=O) groups excluding carboxylic acids is 1. The zero-order valence-electron chi connectivity index (χ0n) is 7.83. The van der Waals surface area contributed by atoms with Gasteiger partial charge >= 0.3 is 0 Å². The van der Waals surface area contributed by atoms with Gasteiger partial charge in [-0.2, -0.15) is 0 Å². The highest BCUT2D eigenvalue weighted by Crippen LogP contribution is 2.49. The van der Waals surface area contributed by atoms with Crippen LogP contribution in [0, 0.1) is 0 Å². The maximum absolute atomic E-state index is 11.0. The molecule has 1 nitrogen and oxygen atoms in total. The van der Waals surface area contributed by atoms with E-state index in [1.165, 1.54) is 5.30 Å². The van der Waals surface area contributed by atoms with Gasteiger partial charge in [-0.1, -0.05) is 18.2 Å². The van der Waals surface area contributed by atoms with Crippen LogP contribution in [0.1, 0.15) is 0 Å². The molecule has 0 heterocycles. The summed E-state index contributed by atoms with van der Waals surface area (Å²) >= 11 is 3.00. The van der Waals surface area contributed by atoms with E-state index < -0.39 is 7.26 Å². The van der Waals surface area contributed by atoms with Gasteiger partial charge in [0.2, 0.25) is 4.69 Å². The van der Waals surface area contributed by atoms with Crippen LogP contribution in [0.4, 0.5) is 0 Å². The van der Waals surface area contributed by atoms with Gasteiger partial charge in [-0.25, -0.2) is 0 Å². The van der Waals surface area contributed by atoms with E-state index in [2.05, 4.69) is 41.4 Å². The highest BCUT2D eigenvalue weighted by Gasteiger charge is 2.30. The predicted molar refractivity (Wildman–Crippen MR) is 63.6 cm³/mol. The molecule has 0 unspecified atom stereocenters. The molecule has 0 radical (unpaired) electrons. The zero-order valence-corrected chi connectivity index (χ0v) is 10.3. The summed E-state index contributed by atoms with van der Waals surface area (Å²) in [5.41, 5.74) is 0. The molecule has 3 heteroatoms. The van der Waals surface area contributed by atoms with Gasteiger partial charge in [0, 0.05) is 7.26 Å². The molecule has 13 heavy (non-hydrogen) atoms. The van der Waals surface area contributed by atoms with Crippen LogP contribution in [-0.4, -0.2) is 24.2 Å². The fourth-order valence-electron chi connectivity index (χ4n) is 1.23. The lowest BCUT2D eigenvalue weighted by Crippen LogP contribution is -2.14. The molecule has 0 aliphatic heterocycles. The van der Waals surface area contributed by atoms with Crippen LogP contribution in [-0.2, 0) is 4.79 Å². The summed E-state index contributed by atoms with van der Waals surface area (Å²) in [4.78, 5) is 11.0. The van der Waals surface area contributed by atoms with Crippen molar-refractivity contribution < 1.29 is 4.79 Å². The van der Waals surface area contributed by atoms with Gasteiger partial charge < -0.3 is 0 Å². The number of halogens is 1. The maximum atomic E-state index is 11.0. The van der Waals surface area contributed by atoms with Gasteiger partial charge in [0.25, 0.3) is 0 Å². The van der Waals surface area contributed by atoms with Crippen molar-refractivity contribution in [3.63, 3.8) is 0 Å². The van der Waals surface area contributed by atoms with Gasteiger partial charge in [-0.15, -0.1) is 0 Å². The van der Waals surface area contributed by atoms with E-state index in [-0.39, 0.29) is 4.69 Å². The van der Waals surface area contributed by atoms with Crippen molar-refractivity contribution >= 4 is 33.2 Å². The Bertz CT molecular complexity index is 295. The molecular weight excluding hydrogens is 247 g/mol. The lowest BCUT2D eigenvalue weighted by molar-refractivity contribution is -0.108. The lowest BCUT2D eigenvalue weighted by atomic mass is 10.4. The van der Waals surface area contributed by atoms with Gasteiger partial charge in [-0.3, -0.25) is 4.79 Å². The Morgan fingerprint density at radius 3 is 2.31 bits per heavy atom. The van der Waals surface area contributed by atoms with Crippen molar-refractivity contribution in [1.82, 2.24) is 0 Å². The van der Waals surface area contributed by atoms with Crippen LogP contribution in [0.2, 0.25) is 0 Å². The van der Waals surface area contributed by atoms with Crippen LogP contribution in [0.15, 0.2) is 30.3 Å². The average Bonchev–Trinajstić information content (AvgIpc) is 2.04. The topological polar surface area (TPSA) is 17.1 Å². The summed E-state index contributed by atoms with van der Waals surface area (Å²) < 4.78 is 0.106. The number of rotatable bonds is 3. The number of hydrogen-bond donors (Lipinski definition) is 0. The molecule has 1 rings (SSSR count).